The number of anilines is 1. The summed E-state index contributed by atoms with van der Waals surface area (Å²) in [5, 5.41) is 3.93. The van der Waals surface area contributed by atoms with Crippen molar-refractivity contribution in [1.82, 2.24) is 10.1 Å². The van der Waals surface area contributed by atoms with E-state index < -0.39 is 5.91 Å². The smallest absolute Gasteiger partial charge is 0.267 e. The molecule has 1 unspecified atom stereocenters. The molecule has 1 atom stereocenters. The van der Waals surface area contributed by atoms with E-state index in [0.717, 1.165) is 42.2 Å². The monoisotopic (exact) mass is 316 g/mol. The molecule has 0 bridgehead atoms. The summed E-state index contributed by atoms with van der Waals surface area (Å²) < 4.78 is 11.1. The van der Waals surface area contributed by atoms with Crippen LogP contribution >= 0.6 is 0 Å². The van der Waals surface area contributed by atoms with Gasteiger partial charge in [0.05, 0.1) is 18.4 Å². The third kappa shape index (κ3) is 3.34. The Morgan fingerprint density at radius 3 is 3.04 bits per heavy atom. The van der Waals surface area contributed by atoms with Crippen molar-refractivity contribution in [2.75, 3.05) is 18.0 Å². The molecule has 0 aliphatic carbocycles. The van der Waals surface area contributed by atoms with Gasteiger partial charge in [-0.05, 0) is 32.4 Å². The summed E-state index contributed by atoms with van der Waals surface area (Å²) in [6.07, 6.45) is 2.67. The molecule has 0 saturated carbocycles. The van der Waals surface area contributed by atoms with Gasteiger partial charge in [0.15, 0.2) is 0 Å². The highest BCUT2D eigenvalue weighted by Gasteiger charge is 2.24. The molecule has 7 heteroatoms. The predicted molar refractivity (Wildman–Crippen MR) is 84.1 cm³/mol. The molecule has 2 N–H and O–H groups in total. The van der Waals surface area contributed by atoms with E-state index >= 15 is 0 Å². The lowest BCUT2D eigenvalue weighted by atomic mass is 10.2. The van der Waals surface area contributed by atoms with E-state index in [0.29, 0.717) is 6.61 Å². The van der Waals surface area contributed by atoms with Gasteiger partial charge in [0.1, 0.15) is 11.5 Å². The Hall–Kier alpha value is -2.41. The molecule has 0 radical (unpaired) electrons. The standard InChI is InChI=1S/C16H20N4O3/c1-10-14(11(2)23-19-10)9-22-13-4-6-20(8-13)12-3-5-18-15(7-12)16(17)21/h3,5,7,13H,4,6,8-9H2,1-2H3,(H2,17,21). The molecule has 3 rings (SSSR count). The van der Waals surface area contributed by atoms with E-state index in [1.165, 1.54) is 0 Å². The van der Waals surface area contributed by atoms with Crippen molar-refractivity contribution in [3.8, 4) is 0 Å². The highest BCUT2D eigenvalue weighted by Crippen LogP contribution is 2.23. The molecule has 1 amide bonds. The van der Waals surface area contributed by atoms with Crippen molar-refractivity contribution in [2.45, 2.75) is 33.0 Å². The number of carbonyl (C=O) groups excluding carboxylic acids is 1. The van der Waals surface area contributed by atoms with Gasteiger partial charge in [0.25, 0.3) is 5.91 Å². The van der Waals surface area contributed by atoms with Crippen LogP contribution in [0.3, 0.4) is 0 Å². The van der Waals surface area contributed by atoms with Crippen LogP contribution in [0.2, 0.25) is 0 Å². The summed E-state index contributed by atoms with van der Waals surface area (Å²) in [7, 11) is 0. The van der Waals surface area contributed by atoms with Crippen molar-refractivity contribution in [1.29, 1.82) is 0 Å². The third-order valence-corrected chi connectivity index (χ3v) is 4.15. The highest BCUT2D eigenvalue weighted by molar-refractivity contribution is 5.91. The zero-order valence-corrected chi connectivity index (χ0v) is 13.3. The summed E-state index contributed by atoms with van der Waals surface area (Å²) in [6, 6.07) is 3.60. The molecule has 2 aromatic rings. The zero-order chi connectivity index (χ0) is 16.4. The minimum Gasteiger partial charge on any atom is -0.371 e. The Balaban J connectivity index is 1.60. The Kier molecular flexibility index (Phi) is 4.29. The molecule has 1 fully saturated rings. The number of pyridine rings is 1. The average molecular weight is 316 g/mol. The van der Waals surface area contributed by atoms with E-state index in [1.807, 2.05) is 19.9 Å². The molecule has 122 valence electrons. The van der Waals surface area contributed by atoms with Gasteiger partial charge in [-0.3, -0.25) is 9.78 Å². The molecule has 1 saturated heterocycles. The van der Waals surface area contributed by atoms with Crippen LogP contribution in [0.25, 0.3) is 0 Å². The molecule has 1 aliphatic heterocycles. The summed E-state index contributed by atoms with van der Waals surface area (Å²) in [6.45, 7) is 5.95. The Labute approximate surface area is 134 Å². The Morgan fingerprint density at radius 2 is 2.35 bits per heavy atom. The van der Waals surface area contributed by atoms with Crippen LogP contribution in [-0.4, -0.2) is 35.2 Å². The zero-order valence-electron chi connectivity index (χ0n) is 13.3. The minimum absolute atomic E-state index is 0.133. The number of aromatic nitrogens is 2. The van der Waals surface area contributed by atoms with E-state index in [1.54, 1.807) is 12.3 Å². The first-order valence-corrected chi connectivity index (χ1v) is 7.58. The Morgan fingerprint density at radius 1 is 1.52 bits per heavy atom. The maximum Gasteiger partial charge on any atom is 0.267 e. The van der Waals surface area contributed by atoms with Crippen LogP contribution in [-0.2, 0) is 11.3 Å². The SMILES string of the molecule is Cc1noc(C)c1COC1CCN(c2ccnc(C(N)=O)c2)C1. The van der Waals surface area contributed by atoms with Crippen LogP contribution in [0.4, 0.5) is 5.69 Å². The number of primary amides is 1. The van der Waals surface area contributed by atoms with Crippen molar-refractivity contribution in [3.05, 3.63) is 41.0 Å². The molecule has 3 heterocycles. The minimum atomic E-state index is -0.516. The van der Waals surface area contributed by atoms with Crippen LogP contribution in [0.15, 0.2) is 22.9 Å². The van der Waals surface area contributed by atoms with Gasteiger partial charge < -0.3 is 19.9 Å². The van der Waals surface area contributed by atoms with Crippen LogP contribution in [0.1, 0.15) is 33.9 Å². The van der Waals surface area contributed by atoms with Crippen molar-refractivity contribution < 1.29 is 14.1 Å². The summed E-state index contributed by atoms with van der Waals surface area (Å²) >= 11 is 0. The molecule has 0 aromatic carbocycles. The number of nitrogens with zero attached hydrogens (tertiary/aromatic N) is 3. The third-order valence-electron chi connectivity index (χ3n) is 4.15. The summed E-state index contributed by atoms with van der Waals surface area (Å²) in [5.41, 5.74) is 8.39. The fraction of sp³-hybridized carbons (Fsp3) is 0.438. The second kappa shape index (κ2) is 6.37. The molecule has 0 spiro atoms. The molecule has 7 nitrogen and oxygen atoms in total. The molecule has 1 aliphatic rings. The number of rotatable bonds is 5. The molecule has 23 heavy (non-hydrogen) atoms. The van der Waals surface area contributed by atoms with E-state index in [9.17, 15) is 4.79 Å². The van der Waals surface area contributed by atoms with Gasteiger partial charge in [-0.2, -0.15) is 0 Å². The number of amides is 1. The lowest BCUT2D eigenvalue weighted by Gasteiger charge is -2.19. The van der Waals surface area contributed by atoms with Gasteiger partial charge in [-0.15, -0.1) is 0 Å². The van der Waals surface area contributed by atoms with Gasteiger partial charge >= 0.3 is 0 Å². The van der Waals surface area contributed by atoms with E-state index in [4.69, 9.17) is 15.0 Å². The number of ether oxygens (including phenoxy) is 1. The average Bonchev–Trinajstić information content (AvgIpc) is 3.13. The van der Waals surface area contributed by atoms with E-state index in [2.05, 4.69) is 15.0 Å². The topological polar surface area (TPSA) is 94.5 Å². The number of nitrogens with two attached hydrogens (primary N) is 1. The quantitative estimate of drug-likeness (QED) is 0.900. The van der Waals surface area contributed by atoms with Gasteiger partial charge in [0, 0.05) is 30.5 Å². The fourth-order valence-corrected chi connectivity index (χ4v) is 2.76. The number of carbonyl (C=O) groups is 1. The lowest BCUT2D eigenvalue weighted by Crippen LogP contribution is -2.23. The van der Waals surface area contributed by atoms with Crippen LogP contribution < -0.4 is 10.6 Å². The number of aryl methyl sites for hydroxylation is 2. The van der Waals surface area contributed by atoms with Crippen LogP contribution in [0, 0.1) is 13.8 Å². The largest absolute Gasteiger partial charge is 0.371 e. The molecule has 2 aromatic heterocycles. The maximum absolute atomic E-state index is 11.2. The summed E-state index contributed by atoms with van der Waals surface area (Å²) in [4.78, 5) is 17.4. The van der Waals surface area contributed by atoms with Gasteiger partial charge in [-0.25, -0.2) is 0 Å². The van der Waals surface area contributed by atoms with Gasteiger partial charge in [-0.1, -0.05) is 5.16 Å². The van der Waals surface area contributed by atoms with Crippen molar-refractivity contribution in [3.63, 3.8) is 0 Å². The highest BCUT2D eigenvalue weighted by atomic mass is 16.5. The second-order valence-corrected chi connectivity index (χ2v) is 5.73. The lowest BCUT2D eigenvalue weighted by molar-refractivity contribution is 0.0544. The number of hydrogen-bond acceptors (Lipinski definition) is 6. The van der Waals surface area contributed by atoms with Crippen molar-refractivity contribution >= 4 is 11.6 Å². The summed E-state index contributed by atoms with van der Waals surface area (Å²) in [5.74, 6) is 0.287. The first-order valence-electron chi connectivity index (χ1n) is 7.58. The van der Waals surface area contributed by atoms with E-state index in [-0.39, 0.29) is 11.8 Å². The Bertz CT molecular complexity index is 694. The molecular formula is C16H20N4O3. The van der Waals surface area contributed by atoms with Crippen LogP contribution in [0.5, 0.6) is 0 Å². The maximum atomic E-state index is 11.2. The normalized spacial score (nSPS) is 17.7. The first-order chi connectivity index (χ1) is 11.0. The predicted octanol–water partition coefficient (Wildman–Crippen LogP) is 1.58. The number of hydrogen-bond donors (Lipinski definition) is 1. The first kappa shape index (κ1) is 15.5. The van der Waals surface area contributed by atoms with Crippen molar-refractivity contribution in [2.24, 2.45) is 5.73 Å². The van der Waals surface area contributed by atoms with Gasteiger partial charge in [0.2, 0.25) is 0 Å². The second-order valence-electron chi connectivity index (χ2n) is 5.73. The fourth-order valence-electron chi connectivity index (χ4n) is 2.76. The molecular weight excluding hydrogens is 296 g/mol.